The first-order valence-corrected chi connectivity index (χ1v) is 5.81. The van der Waals surface area contributed by atoms with Gasteiger partial charge in [0.25, 0.3) is 0 Å². The Hall–Kier alpha value is -1.18. The molecule has 15 heavy (non-hydrogen) atoms. The average Bonchev–Trinajstić information content (AvgIpc) is 2.70. The van der Waals surface area contributed by atoms with Crippen molar-refractivity contribution in [1.82, 2.24) is 0 Å². The first-order valence-electron chi connectivity index (χ1n) is 5.81. The zero-order valence-corrected chi connectivity index (χ0v) is 9.66. The van der Waals surface area contributed by atoms with Crippen LogP contribution in [0.15, 0.2) is 18.2 Å². The van der Waals surface area contributed by atoms with Crippen LogP contribution in [-0.2, 0) is 0 Å². The normalized spacial score (nSPS) is 20.9. The Bertz CT molecular complexity index is 346. The van der Waals surface area contributed by atoms with Gasteiger partial charge in [0.1, 0.15) is 0 Å². The summed E-state index contributed by atoms with van der Waals surface area (Å²) in [6.07, 6.45) is 2.59. The molecule has 2 rings (SSSR count). The predicted molar refractivity (Wildman–Crippen MR) is 66.2 cm³/mol. The van der Waals surface area contributed by atoms with Gasteiger partial charge < -0.3 is 10.6 Å². The quantitative estimate of drug-likeness (QED) is 0.751. The fourth-order valence-corrected chi connectivity index (χ4v) is 2.31. The van der Waals surface area contributed by atoms with Crippen LogP contribution in [0.1, 0.15) is 25.3 Å². The summed E-state index contributed by atoms with van der Waals surface area (Å²) in [5.41, 5.74) is 9.45. The fraction of sp³-hybridized carbons (Fsp3) is 0.538. The van der Waals surface area contributed by atoms with Crippen LogP contribution < -0.4 is 10.6 Å². The molecule has 1 aromatic carbocycles. The van der Waals surface area contributed by atoms with E-state index in [1.807, 2.05) is 6.07 Å². The average molecular weight is 204 g/mol. The standard InChI is InChI=1S/C13H20N2/c1-3-11-6-7-15(9-11)13-8-10(2)4-5-12(13)14/h4-5,8,11H,3,6-7,9,14H2,1-2H3. The highest BCUT2D eigenvalue weighted by atomic mass is 15.2. The van der Waals surface area contributed by atoms with Gasteiger partial charge in [-0.3, -0.25) is 0 Å². The molecule has 82 valence electrons. The van der Waals surface area contributed by atoms with E-state index in [0.29, 0.717) is 0 Å². The molecule has 0 saturated carbocycles. The van der Waals surface area contributed by atoms with E-state index in [1.54, 1.807) is 0 Å². The molecule has 0 aromatic heterocycles. The molecule has 1 aromatic rings. The molecule has 1 fully saturated rings. The Morgan fingerprint density at radius 3 is 2.93 bits per heavy atom. The second kappa shape index (κ2) is 4.13. The predicted octanol–water partition coefficient (Wildman–Crippen LogP) is 2.81. The van der Waals surface area contributed by atoms with Crippen molar-refractivity contribution in [2.45, 2.75) is 26.7 Å². The van der Waals surface area contributed by atoms with E-state index < -0.39 is 0 Å². The minimum Gasteiger partial charge on any atom is -0.397 e. The Morgan fingerprint density at radius 1 is 1.47 bits per heavy atom. The summed E-state index contributed by atoms with van der Waals surface area (Å²) < 4.78 is 0. The van der Waals surface area contributed by atoms with Crippen LogP contribution in [0.25, 0.3) is 0 Å². The Morgan fingerprint density at radius 2 is 2.27 bits per heavy atom. The lowest BCUT2D eigenvalue weighted by Crippen LogP contribution is -2.20. The third-order valence-corrected chi connectivity index (χ3v) is 3.39. The third kappa shape index (κ3) is 2.09. The van der Waals surface area contributed by atoms with E-state index in [9.17, 15) is 0 Å². The van der Waals surface area contributed by atoms with Gasteiger partial charge in [0.05, 0.1) is 11.4 Å². The van der Waals surface area contributed by atoms with Gasteiger partial charge in [-0.15, -0.1) is 0 Å². The molecule has 2 heteroatoms. The molecule has 1 unspecified atom stereocenters. The number of nitrogens with zero attached hydrogens (tertiary/aromatic N) is 1. The van der Waals surface area contributed by atoms with E-state index >= 15 is 0 Å². The molecule has 1 atom stereocenters. The SMILES string of the molecule is CCC1CCN(c2cc(C)ccc2N)C1. The lowest BCUT2D eigenvalue weighted by atomic mass is 10.1. The molecule has 1 saturated heterocycles. The summed E-state index contributed by atoms with van der Waals surface area (Å²) in [6, 6.07) is 6.30. The van der Waals surface area contributed by atoms with Gasteiger partial charge in [-0.25, -0.2) is 0 Å². The Balaban J connectivity index is 2.19. The number of nitrogen functional groups attached to an aromatic ring is 1. The van der Waals surface area contributed by atoms with Crippen LogP contribution in [0, 0.1) is 12.8 Å². The Kier molecular flexibility index (Phi) is 2.85. The highest BCUT2D eigenvalue weighted by molar-refractivity contribution is 5.68. The second-order valence-corrected chi connectivity index (χ2v) is 4.57. The van der Waals surface area contributed by atoms with E-state index in [2.05, 4.69) is 30.9 Å². The summed E-state index contributed by atoms with van der Waals surface area (Å²) in [6.45, 7) is 6.72. The van der Waals surface area contributed by atoms with Crippen LogP contribution in [0.3, 0.4) is 0 Å². The molecule has 0 radical (unpaired) electrons. The number of hydrogen-bond donors (Lipinski definition) is 1. The zero-order valence-electron chi connectivity index (χ0n) is 9.66. The molecule has 1 aliphatic heterocycles. The van der Waals surface area contributed by atoms with Crippen LogP contribution >= 0.6 is 0 Å². The van der Waals surface area contributed by atoms with Crippen molar-refractivity contribution in [3.63, 3.8) is 0 Å². The van der Waals surface area contributed by atoms with Gasteiger partial charge in [-0.1, -0.05) is 19.4 Å². The van der Waals surface area contributed by atoms with Crippen molar-refractivity contribution in [3.05, 3.63) is 23.8 Å². The lowest BCUT2D eigenvalue weighted by molar-refractivity contribution is 0.569. The summed E-state index contributed by atoms with van der Waals surface area (Å²) in [4.78, 5) is 2.43. The molecule has 2 N–H and O–H groups in total. The summed E-state index contributed by atoms with van der Waals surface area (Å²) >= 11 is 0. The monoisotopic (exact) mass is 204 g/mol. The van der Waals surface area contributed by atoms with E-state index in [4.69, 9.17) is 5.73 Å². The molecule has 0 aliphatic carbocycles. The minimum absolute atomic E-state index is 0.852. The van der Waals surface area contributed by atoms with E-state index in [0.717, 1.165) is 18.2 Å². The number of rotatable bonds is 2. The highest BCUT2D eigenvalue weighted by Crippen LogP contribution is 2.30. The van der Waals surface area contributed by atoms with Gasteiger partial charge >= 0.3 is 0 Å². The van der Waals surface area contributed by atoms with Crippen LogP contribution in [0.5, 0.6) is 0 Å². The van der Waals surface area contributed by atoms with E-state index in [1.165, 1.54) is 30.6 Å². The molecule has 2 nitrogen and oxygen atoms in total. The number of hydrogen-bond acceptors (Lipinski definition) is 2. The Labute approximate surface area is 92.1 Å². The van der Waals surface area contributed by atoms with Crippen molar-refractivity contribution in [1.29, 1.82) is 0 Å². The van der Waals surface area contributed by atoms with Crippen molar-refractivity contribution < 1.29 is 0 Å². The van der Waals surface area contributed by atoms with Crippen LogP contribution in [0.4, 0.5) is 11.4 Å². The summed E-state index contributed by atoms with van der Waals surface area (Å²) in [5, 5.41) is 0. The number of anilines is 2. The molecule has 1 heterocycles. The molecule has 0 bridgehead atoms. The van der Waals surface area contributed by atoms with Gasteiger partial charge in [-0.05, 0) is 37.0 Å². The van der Waals surface area contributed by atoms with Gasteiger partial charge in [-0.2, -0.15) is 0 Å². The maximum atomic E-state index is 6.01. The minimum atomic E-state index is 0.852. The molecule has 0 amide bonds. The molecule has 0 spiro atoms. The maximum Gasteiger partial charge on any atom is 0.0602 e. The van der Waals surface area contributed by atoms with Gasteiger partial charge in [0.2, 0.25) is 0 Å². The van der Waals surface area contributed by atoms with Gasteiger partial charge in [0, 0.05) is 13.1 Å². The smallest absolute Gasteiger partial charge is 0.0602 e. The lowest BCUT2D eigenvalue weighted by Gasteiger charge is -2.21. The van der Waals surface area contributed by atoms with Crippen molar-refractivity contribution in [2.24, 2.45) is 5.92 Å². The number of nitrogens with two attached hydrogens (primary N) is 1. The topological polar surface area (TPSA) is 29.3 Å². The molecule has 1 aliphatic rings. The fourth-order valence-electron chi connectivity index (χ4n) is 2.31. The van der Waals surface area contributed by atoms with Crippen LogP contribution in [0.2, 0.25) is 0 Å². The van der Waals surface area contributed by atoms with E-state index in [-0.39, 0.29) is 0 Å². The first kappa shape index (κ1) is 10.3. The third-order valence-electron chi connectivity index (χ3n) is 3.39. The summed E-state index contributed by atoms with van der Waals surface area (Å²) in [5.74, 6) is 0.852. The largest absolute Gasteiger partial charge is 0.397 e. The first-order chi connectivity index (χ1) is 7.20. The highest BCUT2D eigenvalue weighted by Gasteiger charge is 2.22. The number of benzene rings is 1. The molecular weight excluding hydrogens is 184 g/mol. The summed E-state index contributed by atoms with van der Waals surface area (Å²) in [7, 11) is 0. The van der Waals surface area contributed by atoms with Crippen LogP contribution in [-0.4, -0.2) is 13.1 Å². The van der Waals surface area contributed by atoms with Gasteiger partial charge in [0.15, 0.2) is 0 Å². The zero-order chi connectivity index (χ0) is 10.8. The van der Waals surface area contributed by atoms with Crippen molar-refractivity contribution in [3.8, 4) is 0 Å². The van der Waals surface area contributed by atoms with Crippen molar-refractivity contribution in [2.75, 3.05) is 23.7 Å². The molecular formula is C13H20N2. The number of aryl methyl sites for hydroxylation is 1. The van der Waals surface area contributed by atoms with Crippen molar-refractivity contribution >= 4 is 11.4 Å². The maximum absolute atomic E-state index is 6.01. The second-order valence-electron chi connectivity index (χ2n) is 4.57.